The third-order valence-electron chi connectivity index (χ3n) is 4.49. The van der Waals surface area contributed by atoms with Crippen LogP contribution in [0.4, 0.5) is 4.79 Å². The SMILES string of the molecule is CNC(=O)NC(=O)C(CC1CCCC1)c1ccc(CS(=O)[O-])cc1. The highest BCUT2D eigenvalue weighted by molar-refractivity contribution is 7.78. The Kier molecular flexibility index (Phi) is 6.93. The minimum atomic E-state index is -2.14. The first-order valence-corrected chi connectivity index (χ1v) is 9.41. The highest BCUT2D eigenvalue weighted by Crippen LogP contribution is 2.34. The van der Waals surface area contributed by atoms with E-state index >= 15 is 0 Å². The molecule has 1 saturated carbocycles. The Morgan fingerprint density at radius 3 is 2.42 bits per heavy atom. The normalized spacial score (nSPS) is 17.2. The highest BCUT2D eigenvalue weighted by atomic mass is 32.2. The molecular weight excluding hydrogens is 328 g/mol. The Morgan fingerprint density at radius 2 is 1.88 bits per heavy atom. The van der Waals surface area contributed by atoms with Crippen molar-refractivity contribution < 1.29 is 18.4 Å². The number of imide groups is 1. The van der Waals surface area contributed by atoms with Crippen molar-refractivity contribution in [2.24, 2.45) is 5.92 Å². The van der Waals surface area contributed by atoms with E-state index in [4.69, 9.17) is 0 Å². The van der Waals surface area contributed by atoms with Gasteiger partial charge in [0.15, 0.2) is 0 Å². The lowest BCUT2D eigenvalue weighted by Gasteiger charge is -2.20. The standard InChI is InChI=1S/C17H24N2O4S/c1-18-17(21)19-16(20)15(10-12-4-2-3-5-12)14-8-6-13(7-9-14)11-24(22)23/h6-9,12,15H,2-5,10-11H2,1H3,(H,22,23)(H2,18,19,20,21)/p-1. The molecule has 132 valence electrons. The van der Waals surface area contributed by atoms with Crippen LogP contribution in [0.15, 0.2) is 24.3 Å². The van der Waals surface area contributed by atoms with E-state index in [9.17, 15) is 18.4 Å². The molecule has 3 amide bonds. The lowest BCUT2D eigenvalue weighted by molar-refractivity contribution is -0.121. The molecule has 1 fully saturated rings. The molecule has 1 aliphatic rings. The van der Waals surface area contributed by atoms with Gasteiger partial charge in [-0.05, 0) is 23.5 Å². The highest BCUT2D eigenvalue weighted by Gasteiger charge is 2.27. The van der Waals surface area contributed by atoms with Gasteiger partial charge in [-0.1, -0.05) is 61.0 Å². The summed E-state index contributed by atoms with van der Waals surface area (Å²) in [6.07, 6.45) is 5.29. The Balaban J connectivity index is 2.15. The van der Waals surface area contributed by atoms with Crippen LogP contribution in [-0.4, -0.2) is 27.7 Å². The summed E-state index contributed by atoms with van der Waals surface area (Å²) in [6, 6.07) is 6.49. The number of hydrogen-bond acceptors (Lipinski definition) is 4. The third-order valence-corrected chi connectivity index (χ3v) is 5.06. The minimum absolute atomic E-state index is 0.0436. The van der Waals surface area contributed by atoms with Crippen molar-refractivity contribution in [2.75, 3.05) is 7.05 Å². The fourth-order valence-electron chi connectivity index (χ4n) is 3.22. The van der Waals surface area contributed by atoms with E-state index in [1.54, 1.807) is 24.3 Å². The summed E-state index contributed by atoms with van der Waals surface area (Å²) >= 11 is -2.14. The van der Waals surface area contributed by atoms with Crippen LogP contribution in [0.1, 0.15) is 49.1 Å². The molecule has 0 bridgehead atoms. The number of rotatable bonds is 6. The summed E-state index contributed by atoms with van der Waals surface area (Å²) in [4.78, 5) is 24.0. The van der Waals surface area contributed by atoms with Crippen molar-refractivity contribution in [3.05, 3.63) is 35.4 Å². The van der Waals surface area contributed by atoms with Gasteiger partial charge < -0.3 is 9.87 Å². The van der Waals surface area contributed by atoms with Gasteiger partial charge in [-0.3, -0.25) is 14.3 Å². The molecule has 2 N–H and O–H groups in total. The molecule has 0 aliphatic heterocycles. The molecule has 0 saturated heterocycles. The lowest BCUT2D eigenvalue weighted by Crippen LogP contribution is -2.40. The molecule has 0 radical (unpaired) electrons. The zero-order valence-corrected chi connectivity index (χ0v) is 14.6. The van der Waals surface area contributed by atoms with E-state index in [-0.39, 0.29) is 11.7 Å². The summed E-state index contributed by atoms with van der Waals surface area (Å²) in [7, 11) is 1.46. The Morgan fingerprint density at radius 1 is 1.25 bits per heavy atom. The average molecular weight is 351 g/mol. The Labute approximate surface area is 144 Å². The first kappa shape index (κ1) is 18.6. The van der Waals surface area contributed by atoms with Crippen molar-refractivity contribution in [1.82, 2.24) is 10.6 Å². The number of benzene rings is 1. The molecular formula is C17H23N2O4S-. The summed E-state index contributed by atoms with van der Waals surface area (Å²) < 4.78 is 21.5. The monoisotopic (exact) mass is 351 g/mol. The van der Waals surface area contributed by atoms with Gasteiger partial charge in [0, 0.05) is 12.8 Å². The fourth-order valence-corrected chi connectivity index (χ4v) is 3.68. The smallest absolute Gasteiger partial charge is 0.321 e. The molecule has 0 heterocycles. The van der Waals surface area contributed by atoms with Crippen molar-refractivity contribution in [3.63, 3.8) is 0 Å². The van der Waals surface area contributed by atoms with Crippen LogP contribution in [-0.2, 0) is 21.6 Å². The quantitative estimate of drug-likeness (QED) is 0.768. The van der Waals surface area contributed by atoms with Gasteiger partial charge in [0.25, 0.3) is 0 Å². The van der Waals surface area contributed by atoms with Gasteiger partial charge in [0.05, 0.1) is 5.92 Å². The molecule has 1 aliphatic carbocycles. The van der Waals surface area contributed by atoms with E-state index in [0.29, 0.717) is 17.9 Å². The number of hydrogen-bond donors (Lipinski definition) is 2. The zero-order chi connectivity index (χ0) is 17.5. The van der Waals surface area contributed by atoms with Gasteiger partial charge in [-0.2, -0.15) is 0 Å². The van der Waals surface area contributed by atoms with Crippen LogP contribution in [0.3, 0.4) is 0 Å². The zero-order valence-electron chi connectivity index (χ0n) is 13.7. The second-order valence-corrected chi connectivity index (χ2v) is 7.09. The van der Waals surface area contributed by atoms with Crippen LogP contribution in [0.2, 0.25) is 0 Å². The van der Waals surface area contributed by atoms with Crippen molar-refractivity contribution >= 4 is 23.0 Å². The van der Waals surface area contributed by atoms with Gasteiger partial charge in [-0.15, -0.1) is 0 Å². The molecule has 24 heavy (non-hydrogen) atoms. The van der Waals surface area contributed by atoms with Crippen LogP contribution in [0.5, 0.6) is 0 Å². The molecule has 0 spiro atoms. The Hall–Kier alpha value is -1.73. The second-order valence-electron chi connectivity index (χ2n) is 6.20. The summed E-state index contributed by atoms with van der Waals surface area (Å²) in [5.41, 5.74) is 1.49. The third kappa shape index (κ3) is 5.42. The number of amides is 3. The van der Waals surface area contributed by atoms with Crippen LogP contribution in [0.25, 0.3) is 0 Å². The number of urea groups is 1. The van der Waals surface area contributed by atoms with Gasteiger partial charge in [0.1, 0.15) is 0 Å². The molecule has 1 aromatic rings. The minimum Gasteiger partial charge on any atom is -0.772 e. The summed E-state index contributed by atoms with van der Waals surface area (Å²) in [6.45, 7) is 0. The molecule has 2 atom stereocenters. The first-order chi connectivity index (χ1) is 11.5. The van der Waals surface area contributed by atoms with Gasteiger partial charge in [-0.25, -0.2) is 4.79 Å². The fraction of sp³-hybridized carbons (Fsp3) is 0.529. The molecule has 2 unspecified atom stereocenters. The molecule has 7 heteroatoms. The van der Waals surface area contributed by atoms with Gasteiger partial charge in [0.2, 0.25) is 5.91 Å². The first-order valence-electron chi connectivity index (χ1n) is 8.17. The maximum atomic E-state index is 12.5. The van der Waals surface area contributed by atoms with Crippen molar-refractivity contribution in [1.29, 1.82) is 0 Å². The van der Waals surface area contributed by atoms with Crippen LogP contribution < -0.4 is 10.6 Å². The molecule has 1 aromatic carbocycles. The predicted octanol–water partition coefficient (Wildman–Crippen LogP) is 2.19. The molecule has 2 rings (SSSR count). The predicted molar refractivity (Wildman–Crippen MR) is 91.0 cm³/mol. The summed E-state index contributed by atoms with van der Waals surface area (Å²) in [5.74, 6) is -0.282. The van der Waals surface area contributed by atoms with E-state index in [2.05, 4.69) is 10.6 Å². The van der Waals surface area contributed by atoms with E-state index in [0.717, 1.165) is 18.4 Å². The van der Waals surface area contributed by atoms with Crippen molar-refractivity contribution in [2.45, 2.75) is 43.8 Å². The Bertz CT molecular complexity index is 597. The largest absolute Gasteiger partial charge is 0.772 e. The molecule has 6 nitrogen and oxygen atoms in total. The van der Waals surface area contributed by atoms with Crippen molar-refractivity contribution in [3.8, 4) is 0 Å². The summed E-state index contributed by atoms with van der Waals surface area (Å²) in [5, 5.41) is 4.75. The maximum Gasteiger partial charge on any atom is 0.321 e. The average Bonchev–Trinajstić information content (AvgIpc) is 3.06. The van der Waals surface area contributed by atoms with Gasteiger partial charge >= 0.3 is 6.03 Å². The van der Waals surface area contributed by atoms with E-state index < -0.39 is 23.0 Å². The van der Waals surface area contributed by atoms with Crippen LogP contribution in [0, 0.1) is 5.92 Å². The lowest BCUT2D eigenvalue weighted by atomic mass is 9.87. The van der Waals surface area contributed by atoms with E-state index in [1.807, 2.05) is 0 Å². The topological polar surface area (TPSA) is 98.3 Å². The number of carbonyl (C=O) groups is 2. The maximum absolute atomic E-state index is 12.5. The number of nitrogens with one attached hydrogen (secondary N) is 2. The molecule has 0 aromatic heterocycles. The second kappa shape index (κ2) is 8.94. The van der Waals surface area contributed by atoms with E-state index in [1.165, 1.54) is 19.9 Å². The van der Waals surface area contributed by atoms with Crippen LogP contribution >= 0.6 is 0 Å². The number of carbonyl (C=O) groups excluding carboxylic acids is 2.